The van der Waals surface area contributed by atoms with Crippen LogP contribution in [0.4, 0.5) is 11.4 Å². The Kier molecular flexibility index (Phi) is 5.53. The molecule has 0 aliphatic carbocycles. The molecule has 1 aromatic heterocycles. The van der Waals surface area contributed by atoms with Crippen LogP contribution in [0.3, 0.4) is 0 Å². The van der Waals surface area contributed by atoms with Crippen LogP contribution in [0.25, 0.3) is 0 Å². The van der Waals surface area contributed by atoms with Crippen LogP contribution in [0.15, 0.2) is 64.5 Å². The number of halogens is 2. The lowest BCUT2D eigenvalue weighted by atomic mass is 10.2. The zero-order chi connectivity index (χ0) is 17.8. The van der Waals surface area contributed by atoms with E-state index in [2.05, 4.69) is 26.6 Å². The van der Waals surface area contributed by atoms with Gasteiger partial charge in [0.25, 0.3) is 11.8 Å². The van der Waals surface area contributed by atoms with Gasteiger partial charge in [-0.2, -0.15) is 0 Å². The third-order valence-electron chi connectivity index (χ3n) is 3.33. The first-order valence-corrected chi connectivity index (χ1v) is 9.29. The molecule has 2 N–H and O–H groups in total. The second kappa shape index (κ2) is 7.82. The Hall–Kier alpha value is -2.15. The van der Waals surface area contributed by atoms with E-state index < -0.39 is 0 Å². The Morgan fingerprint density at radius 1 is 0.960 bits per heavy atom. The van der Waals surface area contributed by atoms with Crippen LogP contribution in [0, 0.1) is 0 Å². The van der Waals surface area contributed by atoms with Gasteiger partial charge in [-0.05, 0) is 53.9 Å². The normalized spacial score (nSPS) is 10.3. The second-order valence-electron chi connectivity index (χ2n) is 5.09. The third-order valence-corrected chi connectivity index (χ3v) is 5.00. The number of rotatable bonds is 4. The number of hydrogen-bond donors (Lipinski definition) is 2. The highest BCUT2D eigenvalue weighted by Crippen LogP contribution is 2.26. The fraction of sp³-hybridized carbons (Fsp3) is 0. The number of nitrogens with one attached hydrogen (secondary N) is 2. The molecule has 0 aliphatic heterocycles. The summed E-state index contributed by atoms with van der Waals surface area (Å²) in [6, 6.07) is 15.5. The van der Waals surface area contributed by atoms with Gasteiger partial charge in [0.2, 0.25) is 0 Å². The Morgan fingerprint density at radius 3 is 2.36 bits per heavy atom. The highest BCUT2D eigenvalue weighted by atomic mass is 79.9. The van der Waals surface area contributed by atoms with E-state index in [9.17, 15) is 9.59 Å². The van der Waals surface area contributed by atoms with Crippen LogP contribution in [0.1, 0.15) is 20.0 Å². The van der Waals surface area contributed by atoms with E-state index in [0.29, 0.717) is 26.8 Å². The van der Waals surface area contributed by atoms with Crippen molar-refractivity contribution in [2.75, 3.05) is 10.6 Å². The molecule has 0 saturated carbocycles. The van der Waals surface area contributed by atoms with Gasteiger partial charge in [-0.3, -0.25) is 9.59 Å². The number of carbonyl (C=O) groups excluding carboxylic acids is 2. The fourth-order valence-electron chi connectivity index (χ4n) is 2.09. The third kappa shape index (κ3) is 4.48. The van der Waals surface area contributed by atoms with E-state index in [4.69, 9.17) is 11.6 Å². The largest absolute Gasteiger partial charge is 0.321 e. The van der Waals surface area contributed by atoms with E-state index in [-0.39, 0.29) is 11.8 Å². The number of amides is 2. The van der Waals surface area contributed by atoms with Crippen LogP contribution in [0.5, 0.6) is 0 Å². The molecule has 126 valence electrons. The molecule has 0 spiro atoms. The summed E-state index contributed by atoms with van der Waals surface area (Å²) in [5, 5.41) is 7.84. The predicted molar refractivity (Wildman–Crippen MR) is 106 cm³/mol. The van der Waals surface area contributed by atoms with Crippen LogP contribution in [-0.4, -0.2) is 11.8 Å². The van der Waals surface area contributed by atoms with Gasteiger partial charge in [0, 0.05) is 15.7 Å². The molecule has 2 aromatic carbocycles. The average Bonchev–Trinajstić information content (AvgIpc) is 3.13. The summed E-state index contributed by atoms with van der Waals surface area (Å²) >= 11 is 10.8. The van der Waals surface area contributed by atoms with Crippen molar-refractivity contribution in [1.82, 2.24) is 0 Å². The summed E-state index contributed by atoms with van der Waals surface area (Å²) in [5.74, 6) is -0.450. The molecule has 25 heavy (non-hydrogen) atoms. The van der Waals surface area contributed by atoms with Gasteiger partial charge in [-0.15, -0.1) is 11.3 Å². The minimum Gasteiger partial charge on any atom is -0.321 e. The summed E-state index contributed by atoms with van der Waals surface area (Å²) in [4.78, 5) is 24.9. The van der Waals surface area contributed by atoms with Crippen molar-refractivity contribution in [3.63, 3.8) is 0 Å². The van der Waals surface area contributed by atoms with Gasteiger partial charge in [0.15, 0.2) is 0 Å². The van der Waals surface area contributed by atoms with Gasteiger partial charge < -0.3 is 10.6 Å². The minimum atomic E-state index is -0.277. The summed E-state index contributed by atoms with van der Waals surface area (Å²) in [6.07, 6.45) is 0. The summed E-state index contributed by atoms with van der Waals surface area (Å²) < 4.78 is 0.835. The number of hydrogen-bond acceptors (Lipinski definition) is 3. The second-order valence-corrected chi connectivity index (χ2v) is 7.36. The maximum atomic E-state index is 12.3. The Labute approximate surface area is 162 Å². The summed E-state index contributed by atoms with van der Waals surface area (Å²) in [6.45, 7) is 0. The van der Waals surface area contributed by atoms with Crippen molar-refractivity contribution >= 4 is 62.1 Å². The molecule has 3 aromatic rings. The van der Waals surface area contributed by atoms with Crippen molar-refractivity contribution in [3.05, 3.63) is 79.9 Å². The molecule has 7 heteroatoms. The maximum Gasteiger partial charge on any atom is 0.265 e. The van der Waals surface area contributed by atoms with Gasteiger partial charge in [0.05, 0.1) is 15.6 Å². The zero-order valence-corrected chi connectivity index (χ0v) is 15.9. The molecule has 3 rings (SSSR count). The number of benzene rings is 2. The van der Waals surface area contributed by atoms with Gasteiger partial charge in [0.1, 0.15) is 0 Å². The van der Waals surface area contributed by atoms with E-state index in [0.717, 1.165) is 4.47 Å². The Morgan fingerprint density at radius 2 is 1.72 bits per heavy atom. The highest BCUT2D eigenvalue weighted by Gasteiger charge is 2.10. The van der Waals surface area contributed by atoms with Gasteiger partial charge in [-0.1, -0.05) is 33.6 Å². The molecule has 4 nitrogen and oxygen atoms in total. The SMILES string of the molecule is O=C(Nc1ccc(Br)cc1Cl)c1ccc(NC(=O)c2cccs2)cc1. The number of anilines is 2. The molecule has 1 heterocycles. The quantitative estimate of drug-likeness (QED) is 0.555. The predicted octanol–water partition coefficient (Wildman–Crippen LogP) is 5.67. The molecular weight excluding hydrogens is 424 g/mol. The Balaban J connectivity index is 1.67. The first-order chi connectivity index (χ1) is 12.0. The molecule has 0 unspecified atom stereocenters. The standard InChI is InChI=1S/C18H12BrClN2O2S/c19-12-5-8-15(14(20)10-12)22-17(23)11-3-6-13(7-4-11)21-18(24)16-2-1-9-25-16/h1-10H,(H,21,24)(H,22,23). The summed E-state index contributed by atoms with van der Waals surface area (Å²) in [5.41, 5.74) is 1.62. The van der Waals surface area contributed by atoms with Crippen molar-refractivity contribution in [1.29, 1.82) is 0 Å². The van der Waals surface area contributed by atoms with Crippen LogP contribution in [0.2, 0.25) is 5.02 Å². The lowest BCUT2D eigenvalue weighted by Gasteiger charge is -2.09. The van der Waals surface area contributed by atoms with E-state index >= 15 is 0 Å². The minimum absolute atomic E-state index is 0.172. The first-order valence-electron chi connectivity index (χ1n) is 7.24. The lowest BCUT2D eigenvalue weighted by Crippen LogP contribution is -2.13. The summed E-state index contributed by atoms with van der Waals surface area (Å²) in [7, 11) is 0. The van der Waals surface area contributed by atoms with E-state index in [1.54, 1.807) is 48.5 Å². The first kappa shape index (κ1) is 17.7. The van der Waals surface area contributed by atoms with Gasteiger partial charge >= 0.3 is 0 Å². The number of thiophene rings is 1. The van der Waals surface area contributed by atoms with Crippen molar-refractivity contribution in [3.8, 4) is 0 Å². The smallest absolute Gasteiger partial charge is 0.265 e. The molecule has 0 aliphatic rings. The molecule has 0 atom stereocenters. The Bertz CT molecular complexity index is 911. The van der Waals surface area contributed by atoms with Crippen molar-refractivity contribution < 1.29 is 9.59 Å². The van der Waals surface area contributed by atoms with E-state index in [1.807, 2.05) is 11.4 Å². The average molecular weight is 436 g/mol. The zero-order valence-electron chi connectivity index (χ0n) is 12.8. The van der Waals surface area contributed by atoms with E-state index in [1.165, 1.54) is 11.3 Å². The monoisotopic (exact) mass is 434 g/mol. The lowest BCUT2D eigenvalue weighted by molar-refractivity contribution is 0.102. The molecule has 0 bridgehead atoms. The van der Waals surface area contributed by atoms with Crippen LogP contribution < -0.4 is 10.6 Å². The van der Waals surface area contributed by atoms with Crippen molar-refractivity contribution in [2.45, 2.75) is 0 Å². The topological polar surface area (TPSA) is 58.2 Å². The molecule has 2 amide bonds. The van der Waals surface area contributed by atoms with Gasteiger partial charge in [-0.25, -0.2) is 0 Å². The van der Waals surface area contributed by atoms with Crippen molar-refractivity contribution in [2.24, 2.45) is 0 Å². The maximum absolute atomic E-state index is 12.3. The van der Waals surface area contributed by atoms with Crippen LogP contribution in [-0.2, 0) is 0 Å². The molecular formula is C18H12BrClN2O2S. The molecule has 0 radical (unpaired) electrons. The molecule has 0 saturated heterocycles. The fourth-order valence-corrected chi connectivity index (χ4v) is 3.43. The van der Waals surface area contributed by atoms with Crippen LogP contribution >= 0.6 is 38.9 Å². The highest BCUT2D eigenvalue weighted by molar-refractivity contribution is 9.10. The number of carbonyl (C=O) groups is 2. The molecule has 0 fully saturated rings.